The number of nitrogens with one attached hydrogen (secondary N) is 1. The number of thiazole rings is 1. The predicted molar refractivity (Wildman–Crippen MR) is 70.5 cm³/mol. The van der Waals surface area contributed by atoms with Gasteiger partial charge in [0, 0.05) is 28.0 Å². The van der Waals surface area contributed by atoms with Gasteiger partial charge >= 0.3 is 0 Å². The lowest BCUT2D eigenvalue weighted by Gasteiger charge is -2.07. The lowest BCUT2D eigenvalue weighted by molar-refractivity contribution is 0.803. The molecule has 0 spiro atoms. The Morgan fingerprint density at radius 3 is 3.06 bits per heavy atom. The molecule has 0 unspecified atom stereocenters. The monoisotopic (exact) mass is 270 g/mol. The van der Waals surface area contributed by atoms with Crippen LogP contribution in [-0.4, -0.2) is 12.0 Å². The summed E-state index contributed by atoms with van der Waals surface area (Å²) in [6.07, 6.45) is 1.81. The third kappa shape index (κ3) is 2.98. The van der Waals surface area contributed by atoms with Gasteiger partial charge in [0.25, 0.3) is 0 Å². The SMILES string of the molecule is CNCc1ccc(Cl)cc1Sc1nccs1. The molecule has 5 heteroatoms. The second kappa shape index (κ2) is 5.68. The van der Waals surface area contributed by atoms with Gasteiger partial charge < -0.3 is 5.32 Å². The van der Waals surface area contributed by atoms with E-state index in [1.165, 1.54) is 5.56 Å². The van der Waals surface area contributed by atoms with Crippen LogP contribution in [0.15, 0.2) is 39.0 Å². The highest BCUT2D eigenvalue weighted by Gasteiger charge is 2.06. The number of rotatable bonds is 4. The molecule has 0 saturated heterocycles. The molecular formula is C11H11ClN2S2. The first kappa shape index (κ1) is 11.9. The molecule has 1 heterocycles. The van der Waals surface area contributed by atoms with Crippen LogP contribution >= 0.6 is 34.7 Å². The van der Waals surface area contributed by atoms with Gasteiger partial charge in [-0.15, -0.1) is 11.3 Å². The van der Waals surface area contributed by atoms with Crippen LogP contribution in [-0.2, 0) is 6.54 Å². The molecule has 2 aromatic rings. The molecule has 0 radical (unpaired) electrons. The molecule has 1 aromatic carbocycles. The highest BCUT2D eigenvalue weighted by molar-refractivity contribution is 8.01. The van der Waals surface area contributed by atoms with E-state index in [-0.39, 0.29) is 0 Å². The normalized spacial score (nSPS) is 10.6. The molecule has 16 heavy (non-hydrogen) atoms. The summed E-state index contributed by atoms with van der Waals surface area (Å²) >= 11 is 9.30. The zero-order valence-corrected chi connectivity index (χ0v) is 11.1. The van der Waals surface area contributed by atoms with Gasteiger partial charge in [-0.1, -0.05) is 29.4 Å². The number of nitrogens with zero attached hydrogens (tertiary/aromatic N) is 1. The van der Waals surface area contributed by atoms with Crippen molar-refractivity contribution in [1.82, 2.24) is 10.3 Å². The summed E-state index contributed by atoms with van der Waals surface area (Å²) in [6.45, 7) is 0.838. The van der Waals surface area contributed by atoms with Gasteiger partial charge in [0.2, 0.25) is 0 Å². The molecule has 1 N–H and O–H groups in total. The van der Waals surface area contributed by atoms with Crippen molar-refractivity contribution in [2.45, 2.75) is 15.8 Å². The van der Waals surface area contributed by atoms with Gasteiger partial charge in [-0.3, -0.25) is 0 Å². The largest absolute Gasteiger partial charge is 0.316 e. The molecule has 84 valence electrons. The van der Waals surface area contributed by atoms with Crippen LogP contribution in [0.2, 0.25) is 5.02 Å². The molecule has 2 rings (SSSR count). The zero-order valence-electron chi connectivity index (χ0n) is 8.74. The number of hydrogen-bond acceptors (Lipinski definition) is 4. The van der Waals surface area contributed by atoms with Crippen molar-refractivity contribution in [1.29, 1.82) is 0 Å². The first-order valence-corrected chi connectivity index (χ1v) is 6.87. The molecule has 0 saturated carbocycles. The molecule has 0 atom stereocenters. The van der Waals surface area contributed by atoms with Gasteiger partial charge in [0.15, 0.2) is 4.34 Å². The average Bonchev–Trinajstić information content (AvgIpc) is 2.75. The van der Waals surface area contributed by atoms with E-state index in [0.29, 0.717) is 0 Å². The Morgan fingerprint density at radius 1 is 1.50 bits per heavy atom. The summed E-state index contributed by atoms with van der Waals surface area (Å²) in [5.41, 5.74) is 1.24. The quantitative estimate of drug-likeness (QED) is 0.918. The maximum atomic E-state index is 6.01. The first-order valence-electron chi connectivity index (χ1n) is 4.80. The Kier molecular flexibility index (Phi) is 4.23. The Balaban J connectivity index is 2.26. The fraction of sp³-hybridized carbons (Fsp3) is 0.182. The van der Waals surface area contributed by atoms with E-state index in [9.17, 15) is 0 Å². The maximum Gasteiger partial charge on any atom is 0.154 e. The molecule has 1 aromatic heterocycles. The molecule has 0 aliphatic carbocycles. The standard InChI is InChI=1S/C11H11ClN2S2/c1-13-7-8-2-3-9(12)6-10(8)16-11-14-4-5-15-11/h2-6,13H,7H2,1H3. The van der Waals surface area contributed by atoms with E-state index in [1.54, 1.807) is 23.1 Å². The van der Waals surface area contributed by atoms with Gasteiger partial charge in [0.1, 0.15) is 0 Å². The van der Waals surface area contributed by atoms with Crippen molar-refractivity contribution in [2.24, 2.45) is 0 Å². The number of halogens is 1. The first-order chi connectivity index (χ1) is 7.79. The van der Waals surface area contributed by atoms with Crippen LogP contribution in [0.3, 0.4) is 0 Å². The molecule has 0 amide bonds. The summed E-state index contributed by atoms with van der Waals surface area (Å²) < 4.78 is 1.04. The van der Waals surface area contributed by atoms with Crippen molar-refractivity contribution in [3.05, 3.63) is 40.4 Å². The fourth-order valence-electron chi connectivity index (χ4n) is 1.31. The predicted octanol–water partition coefficient (Wildman–Crippen LogP) is 3.67. The second-order valence-electron chi connectivity index (χ2n) is 3.18. The molecule has 0 aliphatic heterocycles. The highest BCUT2D eigenvalue weighted by Crippen LogP contribution is 2.33. The number of hydrogen-bond donors (Lipinski definition) is 1. The average molecular weight is 271 g/mol. The smallest absolute Gasteiger partial charge is 0.154 e. The van der Waals surface area contributed by atoms with Crippen molar-refractivity contribution in [2.75, 3.05) is 7.05 Å². The maximum absolute atomic E-state index is 6.01. The minimum Gasteiger partial charge on any atom is -0.316 e. The minimum absolute atomic E-state index is 0.763. The topological polar surface area (TPSA) is 24.9 Å². The van der Waals surface area contributed by atoms with Gasteiger partial charge in [-0.05, 0) is 24.7 Å². The van der Waals surface area contributed by atoms with Crippen LogP contribution in [0.25, 0.3) is 0 Å². The minimum atomic E-state index is 0.763. The van der Waals surface area contributed by atoms with Crippen molar-refractivity contribution in [3.63, 3.8) is 0 Å². The molecule has 0 aliphatic rings. The van der Waals surface area contributed by atoms with Crippen LogP contribution in [0, 0.1) is 0 Å². The Morgan fingerprint density at radius 2 is 2.38 bits per heavy atom. The van der Waals surface area contributed by atoms with Crippen LogP contribution in [0.1, 0.15) is 5.56 Å². The Labute approximate surface area is 108 Å². The van der Waals surface area contributed by atoms with E-state index in [0.717, 1.165) is 20.8 Å². The van der Waals surface area contributed by atoms with Gasteiger partial charge in [-0.2, -0.15) is 0 Å². The Hall–Kier alpha value is -0.550. The van der Waals surface area contributed by atoms with E-state index >= 15 is 0 Å². The van der Waals surface area contributed by atoms with E-state index in [4.69, 9.17) is 11.6 Å². The lowest BCUT2D eigenvalue weighted by Crippen LogP contribution is -2.05. The van der Waals surface area contributed by atoms with Gasteiger partial charge in [0.05, 0.1) is 0 Å². The van der Waals surface area contributed by atoms with Crippen LogP contribution in [0.5, 0.6) is 0 Å². The number of benzene rings is 1. The zero-order chi connectivity index (χ0) is 11.4. The third-order valence-electron chi connectivity index (χ3n) is 2.00. The molecule has 0 bridgehead atoms. The van der Waals surface area contributed by atoms with Crippen molar-refractivity contribution >= 4 is 34.7 Å². The molecule has 0 fully saturated rings. The summed E-state index contributed by atoms with van der Waals surface area (Å²) in [4.78, 5) is 5.42. The third-order valence-corrected chi connectivity index (χ3v) is 4.22. The Bertz CT molecular complexity index is 457. The van der Waals surface area contributed by atoms with E-state index in [1.807, 2.05) is 30.8 Å². The summed E-state index contributed by atoms with van der Waals surface area (Å²) in [6, 6.07) is 5.95. The van der Waals surface area contributed by atoms with Crippen molar-refractivity contribution in [3.8, 4) is 0 Å². The summed E-state index contributed by atoms with van der Waals surface area (Å²) in [5, 5.41) is 5.89. The van der Waals surface area contributed by atoms with Gasteiger partial charge in [-0.25, -0.2) is 4.98 Å². The molecule has 2 nitrogen and oxygen atoms in total. The summed E-state index contributed by atoms with van der Waals surface area (Å²) in [7, 11) is 1.94. The van der Waals surface area contributed by atoms with E-state index in [2.05, 4.69) is 16.4 Å². The number of aromatic nitrogens is 1. The van der Waals surface area contributed by atoms with Crippen molar-refractivity contribution < 1.29 is 0 Å². The van der Waals surface area contributed by atoms with E-state index < -0.39 is 0 Å². The fourth-order valence-corrected chi connectivity index (χ4v) is 3.30. The summed E-state index contributed by atoms with van der Waals surface area (Å²) in [5.74, 6) is 0. The van der Waals surface area contributed by atoms with Crippen LogP contribution < -0.4 is 5.32 Å². The second-order valence-corrected chi connectivity index (χ2v) is 5.80. The highest BCUT2D eigenvalue weighted by atomic mass is 35.5. The molecular weight excluding hydrogens is 260 g/mol. The lowest BCUT2D eigenvalue weighted by atomic mass is 10.2. The van der Waals surface area contributed by atoms with Crippen LogP contribution in [0.4, 0.5) is 0 Å².